The average Bonchev–Trinajstić information content (AvgIpc) is 2.72. The normalized spacial score (nSPS) is 16.0. The summed E-state index contributed by atoms with van der Waals surface area (Å²) in [6, 6.07) is 15.5. The van der Waals surface area contributed by atoms with E-state index < -0.39 is 0 Å². The third kappa shape index (κ3) is 5.68. The summed E-state index contributed by atoms with van der Waals surface area (Å²) in [4.78, 5) is 27.8. The molecular weight excluding hydrogens is 386 g/mol. The highest BCUT2D eigenvalue weighted by atomic mass is 35.5. The van der Waals surface area contributed by atoms with Crippen molar-refractivity contribution in [3.63, 3.8) is 0 Å². The van der Waals surface area contributed by atoms with Crippen LogP contribution in [0, 0.1) is 0 Å². The van der Waals surface area contributed by atoms with Crippen molar-refractivity contribution in [3.8, 4) is 0 Å². The number of hydrogen-bond acceptors (Lipinski definition) is 3. The first kappa shape index (κ1) is 21.1. The summed E-state index contributed by atoms with van der Waals surface area (Å²) in [5, 5.41) is 3.51. The van der Waals surface area contributed by atoms with Crippen LogP contribution in [0.3, 0.4) is 0 Å². The molecule has 3 rings (SSSR count). The summed E-state index contributed by atoms with van der Waals surface area (Å²) in [7, 11) is 0. The molecule has 0 saturated carbocycles. The summed E-state index contributed by atoms with van der Waals surface area (Å²) in [6.07, 6.45) is 3.42. The van der Waals surface area contributed by atoms with E-state index in [-0.39, 0.29) is 17.9 Å². The molecule has 2 amide bonds. The van der Waals surface area contributed by atoms with Gasteiger partial charge in [-0.25, -0.2) is 0 Å². The number of halogens is 1. The lowest BCUT2D eigenvalue weighted by atomic mass is 10.1. The van der Waals surface area contributed by atoms with Crippen LogP contribution in [-0.4, -0.2) is 47.8 Å². The molecule has 1 aliphatic rings. The van der Waals surface area contributed by atoms with Gasteiger partial charge in [0, 0.05) is 55.9 Å². The molecule has 1 aliphatic heterocycles. The van der Waals surface area contributed by atoms with E-state index in [1.807, 2.05) is 47.4 Å². The number of nitrogens with one attached hydrogen (secondary N) is 1. The molecule has 0 aliphatic carbocycles. The number of carbonyl (C=O) groups excluding carboxylic acids is 2. The van der Waals surface area contributed by atoms with Gasteiger partial charge in [0.1, 0.15) is 0 Å². The summed E-state index contributed by atoms with van der Waals surface area (Å²) >= 11 is 6.33. The molecule has 0 aromatic heterocycles. The van der Waals surface area contributed by atoms with Crippen LogP contribution in [-0.2, 0) is 9.59 Å². The number of carbonyl (C=O) groups is 2. The molecule has 0 radical (unpaired) electrons. The van der Waals surface area contributed by atoms with Crippen LogP contribution < -0.4 is 5.32 Å². The van der Waals surface area contributed by atoms with Crippen LogP contribution >= 0.6 is 11.6 Å². The van der Waals surface area contributed by atoms with Gasteiger partial charge >= 0.3 is 0 Å². The van der Waals surface area contributed by atoms with Crippen LogP contribution in [0.2, 0.25) is 5.02 Å². The second-order valence-corrected chi connectivity index (χ2v) is 7.60. The predicted molar refractivity (Wildman–Crippen MR) is 118 cm³/mol. The SMILES string of the molecule is CC(=O)Nc1ccc(/C=C/C(=O)N2CCN(C(C)c3ccccc3Cl)CC2)cc1. The van der Waals surface area contributed by atoms with Gasteiger partial charge in [0.05, 0.1) is 0 Å². The Morgan fingerprint density at radius 1 is 1.03 bits per heavy atom. The largest absolute Gasteiger partial charge is 0.337 e. The summed E-state index contributed by atoms with van der Waals surface area (Å²) < 4.78 is 0. The lowest BCUT2D eigenvalue weighted by Gasteiger charge is -2.38. The van der Waals surface area contributed by atoms with Gasteiger partial charge in [0.2, 0.25) is 11.8 Å². The van der Waals surface area contributed by atoms with Gasteiger partial charge in [-0.1, -0.05) is 41.9 Å². The zero-order valence-electron chi connectivity index (χ0n) is 16.8. The van der Waals surface area contributed by atoms with Gasteiger partial charge in [-0.2, -0.15) is 0 Å². The molecule has 6 heteroatoms. The molecule has 1 heterocycles. The topological polar surface area (TPSA) is 52.7 Å². The standard InChI is InChI=1S/C23H26ClN3O2/c1-17(21-5-3-4-6-22(21)24)26-13-15-27(16-14-26)23(29)12-9-19-7-10-20(11-8-19)25-18(2)28/h3-12,17H,13-16H2,1-2H3,(H,25,28)/b12-9+. The molecule has 1 saturated heterocycles. The van der Waals surface area contributed by atoms with Crippen molar-refractivity contribution in [1.82, 2.24) is 9.80 Å². The quantitative estimate of drug-likeness (QED) is 0.749. The smallest absolute Gasteiger partial charge is 0.246 e. The Morgan fingerprint density at radius 2 is 1.69 bits per heavy atom. The molecule has 152 valence electrons. The Labute approximate surface area is 177 Å². The summed E-state index contributed by atoms with van der Waals surface area (Å²) in [5.41, 5.74) is 2.78. The maximum atomic E-state index is 12.5. The maximum Gasteiger partial charge on any atom is 0.246 e. The van der Waals surface area contributed by atoms with Gasteiger partial charge in [0.25, 0.3) is 0 Å². The number of hydrogen-bond donors (Lipinski definition) is 1. The van der Waals surface area contributed by atoms with Crippen LogP contribution in [0.25, 0.3) is 6.08 Å². The fourth-order valence-electron chi connectivity index (χ4n) is 3.49. The van der Waals surface area contributed by atoms with E-state index in [9.17, 15) is 9.59 Å². The van der Waals surface area contributed by atoms with E-state index in [2.05, 4.69) is 23.2 Å². The van der Waals surface area contributed by atoms with Gasteiger partial charge in [-0.15, -0.1) is 0 Å². The van der Waals surface area contributed by atoms with E-state index in [0.29, 0.717) is 13.1 Å². The van der Waals surface area contributed by atoms with Crippen LogP contribution in [0.4, 0.5) is 5.69 Å². The number of piperazine rings is 1. The van der Waals surface area contributed by atoms with E-state index in [0.717, 1.165) is 34.9 Å². The highest BCUT2D eigenvalue weighted by Gasteiger charge is 2.24. The minimum absolute atomic E-state index is 0.0148. The summed E-state index contributed by atoms with van der Waals surface area (Å²) in [6.45, 7) is 6.65. The number of benzene rings is 2. The molecule has 1 N–H and O–H groups in total. The molecule has 0 spiro atoms. The maximum absolute atomic E-state index is 12.5. The molecule has 2 aromatic rings. The van der Waals surface area contributed by atoms with E-state index in [1.54, 1.807) is 12.2 Å². The first-order valence-electron chi connectivity index (χ1n) is 9.77. The number of rotatable bonds is 5. The molecule has 1 unspecified atom stereocenters. The minimum atomic E-state index is -0.105. The highest BCUT2D eigenvalue weighted by molar-refractivity contribution is 6.31. The Balaban J connectivity index is 1.52. The molecule has 1 fully saturated rings. The van der Waals surface area contributed by atoms with E-state index in [1.165, 1.54) is 6.92 Å². The Hall–Kier alpha value is -2.63. The van der Waals surface area contributed by atoms with Crippen molar-refractivity contribution in [3.05, 3.63) is 70.8 Å². The third-order valence-corrected chi connectivity index (χ3v) is 5.52. The first-order valence-corrected chi connectivity index (χ1v) is 10.1. The third-order valence-electron chi connectivity index (χ3n) is 5.18. The molecular formula is C23H26ClN3O2. The number of anilines is 1. The van der Waals surface area contributed by atoms with Crippen LogP contribution in [0.15, 0.2) is 54.6 Å². The predicted octanol–water partition coefficient (Wildman–Crippen LogP) is 4.22. The van der Waals surface area contributed by atoms with Gasteiger partial charge in [0.15, 0.2) is 0 Å². The van der Waals surface area contributed by atoms with Crippen molar-refractivity contribution in [2.24, 2.45) is 0 Å². The number of nitrogens with zero attached hydrogens (tertiary/aromatic N) is 2. The second-order valence-electron chi connectivity index (χ2n) is 7.20. The lowest BCUT2D eigenvalue weighted by Crippen LogP contribution is -2.48. The van der Waals surface area contributed by atoms with E-state index >= 15 is 0 Å². The number of amides is 2. The lowest BCUT2D eigenvalue weighted by molar-refractivity contribution is -0.128. The van der Waals surface area contributed by atoms with Crippen LogP contribution in [0.1, 0.15) is 31.0 Å². The van der Waals surface area contributed by atoms with Crippen molar-refractivity contribution in [1.29, 1.82) is 0 Å². The van der Waals surface area contributed by atoms with Crippen molar-refractivity contribution < 1.29 is 9.59 Å². The molecule has 0 bridgehead atoms. The zero-order valence-corrected chi connectivity index (χ0v) is 17.5. The molecule has 1 atom stereocenters. The Bertz CT molecular complexity index is 887. The van der Waals surface area contributed by atoms with E-state index in [4.69, 9.17) is 11.6 Å². The van der Waals surface area contributed by atoms with Crippen LogP contribution in [0.5, 0.6) is 0 Å². The fraction of sp³-hybridized carbons (Fsp3) is 0.304. The van der Waals surface area contributed by atoms with Crippen molar-refractivity contribution >= 4 is 35.2 Å². The second kappa shape index (κ2) is 9.72. The first-order chi connectivity index (χ1) is 13.9. The van der Waals surface area contributed by atoms with Gasteiger partial charge in [-0.3, -0.25) is 14.5 Å². The molecule has 29 heavy (non-hydrogen) atoms. The monoisotopic (exact) mass is 411 g/mol. The minimum Gasteiger partial charge on any atom is -0.337 e. The Kier molecular flexibility index (Phi) is 7.07. The molecule has 5 nitrogen and oxygen atoms in total. The molecule has 2 aromatic carbocycles. The zero-order chi connectivity index (χ0) is 20.8. The highest BCUT2D eigenvalue weighted by Crippen LogP contribution is 2.27. The summed E-state index contributed by atoms with van der Waals surface area (Å²) in [5.74, 6) is -0.0903. The average molecular weight is 412 g/mol. The Morgan fingerprint density at radius 3 is 2.31 bits per heavy atom. The van der Waals surface area contributed by atoms with Crippen molar-refractivity contribution in [2.45, 2.75) is 19.9 Å². The van der Waals surface area contributed by atoms with Gasteiger partial charge < -0.3 is 10.2 Å². The van der Waals surface area contributed by atoms with Crippen molar-refractivity contribution in [2.75, 3.05) is 31.5 Å². The van der Waals surface area contributed by atoms with Gasteiger partial charge in [-0.05, 0) is 42.3 Å². The fourth-order valence-corrected chi connectivity index (χ4v) is 3.79.